The van der Waals surface area contributed by atoms with Gasteiger partial charge in [0.1, 0.15) is 31.7 Å². The molecule has 396 valence electrons. The maximum absolute atomic E-state index is 14.1. The summed E-state index contributed by atoms with van der Waals surface area (Å²) in [6, 6.07) is 50.0. The Hall–Kier alpha value is -9.20. The lowest BCUT2D eigenvalue weighted by molar-refractivity contribution is -0.148. The van der Waals surface area contributed by atoms with Crippen molar-refractivity contribution in [2.24, 2.45) is 0 Å². The van der Waals surface area contributed by atoms with Crippen molar-refractivity contribution >= 4 is 61.3 Å². The number of carbonyl (C=O) groups excluding carboxylic acids is 6. The van der Waals surface area contributed by atoms with E-state index in [2.05, 4.69) is 30.7 Å². The molecule has 0 spiro atoms. The maximum atomic E-state index is 14.1. The highest BCUT2D eigenvalue weighted by molar-refractivity contribution is 7.45. The van der Waals surface area contributed by atoms with Gasteiger partial charge in [0.2, 0.25) is 5.91 Å². The second kappa shape index (κ2) is 26.5. The summed E-state index contributed by atoms with van der Waals surface area (Å²) in [5, 5.41) is 7.95. The third kappa shape index (κ3) is 14.4. The Labute approximate surface area is 448 Å². The van der Waals surface area contributed by atoms with Crippen LogP contribution in [-0.2, 0) is 62.1 Å². The van der Waals surface area contributed by atoms with E-state index in [0.29, 0.717) is 22.3 Å². The molecule has 1 saturated heterocycles. The predicted octanol–water partition coefficient (Wildman–Crippen LogP) is 8.43. The third-order valence-electron chi connectivity index (χ3n) is 11.9. The zero-order valence-electron chi connectivity index (χ0n) is 41.4. The minimum atomic E-state index is -2.47. The molecule has 1 unspecified atom stereocenters. The molecule has 9 rings (SSSR count). The van der Waals surface area contributed by atoms with E-state index in [4.69, 9.17) is 32.7 Å². The van der Waals surface area contributed by atoms with Crippen molar-refractivity contribution in [3.63, 3.8) is 0 Å². The van der Waals surface area contributed by atoms with Crippen molar-refractivity contribution in [2.45, 2.75) is 56.8 Å². The maximum Gasteiger partial charge on any atom is 0.408 e. The highest BCUT2D eigenvalue weighted by Gasteiger charge is 2.52. The standard InChI is InChI=1S/C57H50N7O13P/c65-46(31-44(56(69)71-32-38-19-7-1-8-20-38)61-57(70)72-33-39-21-9-2-10-22-39)63-78(73-34-40-23-11-3-12-24-40)74-35-45-48(76-54(67)42-27-15-5-16-28-42)49(77-55(68)43-29-17-6-18-30-43)53(75-45)64-37-60-47-50(58-36-59-51(47)64)62-52(66)41-25-13-4-14-26-41/h1-30,36-37,44-45,48-49,53H,31-35H2,(H,61,70)(H,63,65)(H,58,59,62,66)/t44-,45-,48-,49-,53-,78?/m1/s1. The number of nitrogens with one attached hydrogen (secondary N) is 3. The number of hydrogen-bond acceptors (Lipinski definition) is 16. The molecule has 1 aliphatic heterocycles. The zero-order chi connectivity index (χ0) is 54.1. The first-order valence-corrected chi connectivity index (χ1v) is 25.6. The average molecular weight is 1070 g/mol. The van der Waals surface area contributed by atoms with Crippen LogP contribution in [0.25, 0.3) is 11.2 Å². The normalized spacial score (nSPS) is 16.5. The van der Waals surface area contributed by atoms with Crippen LogP contribution in [0, 0.1) is 0 Å². The first-order chi connectivity index (χ1) is 38.1. The number of esters is 3. The number of aromatic nitrogens is 4. The van der Waals surface area contributed by atoms with Crippen LogP contribution in [0.1, 0.15) is 60.4 Å². The second-order valence-corrected chi connectivity index (χ2v) is 18.6. The Kier molecular flexibility index (Phi) is 18.2. The number of anilines is 1. The molecule has 3 amide bonds. The fraction of sp³-hybridized carbons (Fsp3) is 0.175. The largest absolute Gasteiger partial charge is 0.459 e. The lowest BCUT2D eigenvalue weighted by Gasteiger charge is -2.25. The van der Waals surface area contributed by atoms with Crippen molar-refractivity contribution < 1.29 is 61.5 Å². The molecular weight excluding hydrogens is 1020 g/mol. The fourth-order valence-corrected chi connectivity index (χ4v) is 9.02. The van der Waals surface area contributed by atoms with Crippen LogP contribution < -0.4 is 15.7 Å². The number of nitrogens with zero attached hydrogens (tertiary/aromatic N) is 4. The molecule has 3 heterocycles. The molecule has 20 nitrogen and oxygen atoms in total. The number of hydrogen-bond donors (Lipinski definition) is 3. The molecule has 1 fully saturated rings. The lowest BCUT2D eigenvalue weighted by Crippen LogP contribution is -2.45. The number of benzene rings is 6. The highest BCUT2D eigenvalue weighted by Crippen LogP contribution is 2.41. The van der Waals surface area contributed by atoms with Gasteiger partial charge in [0.15, 0.2) is 35.4 Å². The zero-order valence-corrected chi connectivity index (χ0v) is 42.3. The molecule has 8 aromatic rings. The Morgan fingerprint density at radius 1 is 0.577 bits per heavy atom. The summed E-state index contributed by atoms with van der Waals surface area (Å²) in [5.74, 6) is -3.70. The van der Waals surface area contributed by atoms with Gasteiger partial charge in [0.25, 0.3) is 14.4 Å². The summed E-state index contributed by atoms with van der Waals surface area (Å²) in [6.45, 7) is -0.812. The molecule has 0 radical (unpaired) electrons. The summed E-state index contributed by atoms with van der Waals surface area (Å²) >= 11 is 0. The van der Waals surface area contributed by atoms with Gasteiger partial charge < -0.3 is 43.4 Å². The van der Waals surface area contributed by atoms with Gasteiger partial charge in [-0.05, 0) is 53.1 Å². The number of imidazole rings is 1. The fourth-order valence-electron chi connectivity index (χ4n) is 7.98. The molecule has 6 aromatic carbocycles. The van der Waals surface area contributed by atoms with Crippen LogP contribution in [-0.4, -0.2) is 86.3 Å². The van der Waals surface area contributed by atoms with Crippen molar-refractivity contribution in [1.82, 2.24) is 29.9 Å². The molecule has 6 atom stereocenters. The Morgan fingerprint density at radius 3 is 1.67 bits per heavy atom. The first-order valence-electron chi connectivity index (χ1n) is 24.4. The van der Waals surface area contributed by atoms with Crippen LogP contribution in [0.2, 0.25) is 0 Å². The molecule has 0 bridgehead atoms. The smallest absolute Gasteiger partial charge is 0.408 e. The monoisotopic (exact) mass is 1070 g/mol. The van der Waals surface area contributed by atoms with Crippen molar-refractivity contribution in [3.05, 3.63) is 228 Å². The average Bonchev–Trinajstić information content (AvgIpc) is 4.27. The van der Waals surface area contributed by atoms with Crippen molar-refractivity contribution in [2.75, 3.05) is 11.9 Å². The van der Waals surface area contributed by atoms with E-state index >= 15 is 0 Å². The number of amides is 3. The molecule has 1 aliphatic rings. The molecule has 0 aliphatic carbocycles. The number of fused-ring (bicyclic) bond motifs is 1. The van der Waals surface area contributed by atoms with Crippen molar-refractivity contribution in [1.29, 1.82) is 0 Å². The van der Waals surface area contributed by atoms with E-state index in [-0.39, 0.29) is 47.9 Å². The first kappa shape index (κ1) is 53.6. The number of rotatable bonds is 22. The summed E-state index contributed by atoms with van der Waals surface area (Å²) in [7, 11) is -2.47. The van der Waals surface area contributed by atoms with E-state index in [9.17, 15) is 28.8 Å². The van der Waals surface area contributed by atoms with Gasteiger partial charge in [-0.1, -0.05) is 146 Å². The van der Waals surface area contributed by atoms with E-state index in [1.807, 2.05) is 12.1 Å². The van der Waals surface area contributed by atoms with Gasteiger partial charge in [-0.15, -0.1) is 0 Å². The van der Waals surface area contributed by atoms with Crippen LogP contribution in [0.3, 0.4) is 0 Å². The number of carbonyl (C=O) groups is 6. The Bertz CT molecular complexity index is 3290. The summed E-state index contributed by atoms with van der Waals surface area (Å²) in [6.07, 6.45) is -4.54. The van der Waals surface area contributed by atoms with Gasteiger partial charge >= 0.3 is 24.0 Å². The van der Waals surface area contributed by atoms with Gasteiger partial charge in [0, 0.05) is 5.56 Å². The number of ether oxygens (including phenoxy) is 5. The van der Waals surface area contributed by atoms with E-state index in [1.54, 1.807) is 170 Å². The van der Waals surface area contributed by atoms with Gasteiger partial charge in [-0.25, -0.2) is 34.1 Å². The predicted molar refractivity (Wildman–Crippen MR) is 282 cm³/mol. The SMILES string of the molecule is O=C(C[C@@H](NC(=O)OCc1ccccc1)C(=O)OCc1ccccc1)NP(OCc1ccccc1)OC[C@H]1O[C@@H](n2cnc3c(NC(=O)c4ccccc4)ncnc32)[C@H](OC(=O)c2ccccc2)[C@@H]1OC(=O)c1ccccc1. The lowest BCUT2D eigenvalue weighted by atomic mass is 10.1. The Balaban J connectivity index is 1.000. The van der Waals surface area contributed by atoms with Crippen LogP contribution in [0.5, 0.6) is 0 Å². The minimum Gasteiger partial charge on any atom is -0.459 e. The number of alkyl carbamates (subject to hydrolysis) is 1. The third-order valence-corrected chi connectivity index (χ3v) is 13.0. The molecular formula is C57H50N7O13P. The van der Waals surface area contributed by atoms with E-state index in [1.165, 1.54) is 17.2 Å². The summed E-state index contributed by atoms with van der Waals surface area (Å²) in [5.41, 5.74) is 3.07. The van der Waals surface area contributed by atoms with Crippen LogP contribution in [0.15, 0.2) is 195 Å². The van der Waals surface area contributed by atoms with Crippen LogP contribution >= 0.6 is 8.53 Å². The summed E-state index contributed by atoms with van der Waals surface area (Å²) in [4.78, 5) is 95.6. The minimum absolute atomic E-state index is 0.0679. The second-order valence-electron chi connectivity index (χ2n) is 17.3. The van der Waals surface area contributed by atoms with Crippen LogP contribution in [0.4, 0.5) is 10.6 Å². The summed E-state index contributed by atoms with van der Waals surface area (Å²) < 4.78 is 44.1. The van der Waals surface area contributed by atoms with Crippen molar-refractivity contribution in [3.8, 4) is 0 Å². The van der Waals surface area contributed by atoms with Gasteiger partial charge in [-0.3, -0.25) is 19.2 Å². The molecule has 21 heteroatoms. The Morgan fingerprint density at radius 2 is 1.09 bits per heavy atom. The van der Waals surface area contributed by atoms with E-state index < -0.39 is 88.0 Å². The van der Waals surface area contributed by atoms with Gasteiger partial charge in [-0.2, -0.15) is 0 Å². The molecule has 0 saturated carbocycles. The molecule has 78 heavy (non-hydrogen) atoms. The van der Waals surface area contributed by atoms with Gasteiger partial charge in [0.05, 0.1) is 37.1 Å². The topological polar surface area (TPSA) is 247 Å². The molecule has 3 N–H and O–H groups in total. The quantitative estimate of drug-likeness (QED) is 0.0327. The van der Waals surface area contributed by atoms with E-state index in [0.717, 1.165) is 0 Å². The molecule has 2 aromatic heterocycles. The highest BCUT2D eigenvalue weighted by atomic mass is 31.2.